The van der Waals surface area contributed by atoms with Crippen LogP contribution < -0.4 is 10.1 Å². The molecule has 4 nitrogen and oxygen atoms in total. The second-order valence-corrected chi connectivity index (χ2v) is 5.14. The van der Waals surface area contributed by atoms with Gasteiger partial charge in [-0.05, 0) is 42.8 Å². The fourth-order valence-corrected chi connectivity index (χ4v) is 2.45. The first kappa shape index (κ1) is 13.0. The summed E-state index contributed by atoms with van der Waals surface area (Å²) >= 11 is 0. The molecular weight excluding hydrogens is 250 g/mol. The third kappa shape index (κ3) is 3.32. The number of aromatic amines is 1. The van der Waals surface area contributed by atoms with E-state index in [0.29, 0.717) is 0 Å². The summed E-state index contributed by atoms with van der Waals surface area (Å²) in [5, 5.41) is 4.61. The van der Waals surface area contributed by atoms with Crippen molar-refractivity contribution >= 4 is 16.7 Å². The van der Waals surface area contributed by atoms with Crippen LogP contribution in [-0.2, 0) is 0 Å². The Bertz CT molecular complexity index is 588. The average molecular weight is 271 g/mol. The van der Waals surface area contributed by atoms with Crippen LogP contribution >= 0.6 is 0 Å². The molecule has 0 radical (unpaired) electrons. The molecule has 0 spiro atoms. The van der Waals surface area contributed by atoms with Crippen molar-refractivity contribution in [3.05, 3.63) is 30.5 Å². The molecule has 20 heavy (non-hydrogen) atoms. The Hall–Kier alpha value is -1.97. The Morgan fingerprint density at radius 3 is 3.15 bits per heavy atom. The average Bonchev–Trinajstić information content (AvgIpc) is 2.95. The molecule has 0 bridgehead atoms. The number of aromatic nitrogens is 1. The van der Waals surface area contributed by atoms with Crippen molar-refractivity contribution in [3.63, 3.8) is 0 Å². The maximum Gasteiger partial charge on any atom is 0.121 e. The van der Waals surface area contributed by atoms with Gasteiger partial charge in [-0.3, -0.25) is 4.99 Å². The zero-order chi connectivity index (χ0) is 13.6. The number of amidine groups is 1. The number of benzene rings is 1. The summed E-state index contributed by atoms with van der Waals surface area (Å²) in [4.78, 5) is 7.67. The molecule has 4 heteroatoms. The van der Waals surface area contributed by atoms with E-state index in [9.17, 15) is 0 Å². The number of fused-ring (bicyclic) bond motifs is 1. The fourth-order valence-electron chi connectivity index (χ4n) is 2.45. The molecule has 1 aromatic heterocycles. The summed E-state index contributed by atoms with van der Waals surface area (Å²) in [6.45, 7) is 2.64. The molecule has 0 saturated heterocycles. The SMILES string of the molecule is c1cc2ccc(OCCCNC3=NCCCC3)cc2[nH]1. The van der Waals surface area contributed by atoms with E-state index in [1.54, 1.807) is 0 Å². The van der Waals surface area contributed by atoms with Gasteiger partial charge in [0.05, 0.1) is 12.4 Å². The number of rotatable bonds is 5. The molecule has 0 atom stereocenters. The van der Waals surface area contributed by atoms with Crippen molar-refractivity contribution in [3.8, 4) is 5.75 Å². The van der Waals surface area contributed by atoms with Gasteiger partial charge in [0.15, 0.2) is 0 Å². The quantitative estimate of drug-likeness (QED) is 0.821. The molecule has 0 fully saturated rings. The first-order valence-corrected chi connectivity index (χ1v) is 7.39. The lowest BCUT2D eigenvalue weighted by molar-refractivity contribution is 0.311. The summed E-state index contributed by atoms with van der Waals surface area (Å²) in [7, 11) is 0. The molecule has 0 unspecified atom stereocenters. The van der Waals surface area contributed by atoms with E-state index >= 15 is 0 Å². The van der Waals surface area contributed by atoms with Crippen molar-refractivity contribution in [2.24, 2.45) is 4.99 Å². The fraction of sp³-hybridized carbons (Fsp3) is 0.438. The van der Waals surface area contributed by atoms with Crippen LogP contribution in [0.4, 0.5) is 0 Å². The van der Waals surface area contributed by atoms with E-state index in [0.717, 1.165) is 43.8 Å². The standard InChI is InChI=1S/C16H21N3O/c1-2-8-18-16(4-1)19-9-3-11-20-14-6-5-13-7-10-17-15(13)12-14/h5-7,10,12,17H,1-4,8-9,11H2,(H,18,19). The highest BCUT2D eigenvalue weighted by atomic mass is 16.5. The van der Waals surface area contributed by atoms with Crippen LogP contribution in [0.5, 0.6) is 5.75 Å². The zero-order valence-electron chi connectivity index (χ0n) is 11.7. The van der Waals surface area contributed by atoms with Gasteiger partial charge in [0.25, 0.3) is 0 Å². The Labute approximate surface area is 119 Å². The molecule has 106 valence electrons. The second kappa shape index (κ2) is 6.46. The van der Waals surface area contributed by atoms with Crippen LogP contribution in [0.15, 0.2) is 35.5 Å². The topological polar surface area (TPSA) is 49.4 Å². The normalized spacial score (nSPS) is 15.1. The van der Waals surface area contributed by atoms with Crippen molar-refractivity contribution in [2.45, 2.75) is 25.7 Å². The number of H-pyrrole nitrogens is 1. The third-order valence-electron chi connectivity index (χ3n) is 3.57. The van der Waals surface area contributed by atoms with Gasteiger partial charge in [-0.15, -0.1) is 0 Å². The summed E-state index contributed by atoms with van der Waals surface area (Å²) in [5.74, 6) is 2.10. The molecule has 0 saturated carbocycles. The lowest BCUT2D eigenvalue weighted by Gasteiger charge is -2.14. The van der Waals surface area contributed by atoms with Crippen molar-refractivity contribution in [1.29, 1.82) is 0 Å². The molecule has 2 aromatic rings. The van der Waals surface area contributed by atoms with Gasteiger partial charge in [0.2, 0.25) is 0 Å². The lowest BCUT2D eigenvalue weighted by atomic mass is 10.2. The molecule has 3 rings (SSSR count). The lowest BCUT2D eigenvalue weighted by Crippen LogP contribution is -2.27. The molecule has 1 aliphatic rings. The van der Waals surface area contributed by atoms with E-state index in [-0.39, 0.29) is 0 Å². The summed E-state index contributed by atoms with van der Waals surface area (Å²) < 4.78 is 5.77. The highest BCUT2D eigenvalue weighted by Crippen LogP contribution is 2.19. The monoisotopic (exact) mass is 271 g/mol. The Balaban J connectivity index is 1.39. The Morgan fingerprint density at radius 1 is 1.25 bits per heavy atom. The molecule has 0 aliphatic carbocycles. The summed E-state index contributed by atoms with van der Waals surface area (Å²) in [6, 6.07) is 8.22. The van der Waals surface area contributed by atoms with Crippen LogP contribution in [0.25, 0.3) is 10.9 Å². The highest BCUT2D eigenvalue weighted by molar-refractivity contribution is 5.82. The van der Waals surface area contributed by atoms with E-state index in [1.807, 2.05) is 18.3 Å². The van der Waals surface area contributed by atoms with Gasteiger partial charge in [0, 0.05) is 37.3 Å². The van der Waals surface area contributed by atoms with Gasteiger partial charge < -0.3 is 15.0 Å². The minimum atomic E-state index is 0.729. The minimum absolute atomic E-state index is 0.729. The van der Waals surface area contributed by atoms with E-state index in [2.05, 4.69) is 27.4 Å². The maximum atomic E-state index is 5.77. The molecule has 1 aliphatic heterocycles. The predicted octanol–water partition coefficient (Wildman–Crippen LogP) is 3.11. The number of nitrogens with one attached hydrogen (secondary N) is 2. The number of hydrogen-bond donors (Lipinski definition) is 2. The smallest absolute Gasteiger partial charge is 0.121 e. The van der Waals surface area contributed by atoms with Crippen LogP contribution in [0.2, 0.25) is 0 Å². The largest absolute Gasteiger partial charge is 0.493 e. The third-order valence-corrected chi connectivity index (χ3v) is 3.57. The predicted molar refractivity (Wildman–Crippen MR) is 82.6 cm³/mol. The van der Waals surface area contributed by atoms with Crippen molar-refractivity contribution < 1.29 is 4.74 Å². The van der Waals surface area contributed by atoms with E-state index < -0.39 is 0 Å². The van der Waals surface area contributed by atoms with Crippen molar-refractivity contribution in [1.82, 2.24) is 10.3 Å². The van der Waals surface area contributed by atoms with Gasteiger partial charge >= 0.3 is 0 Å². The summed E-state index contributed by atoms with van der Waals surface area (Å²) in [5.41, 5.74) is 1.12. The van der Waals surface area contributed by atoms with E-state index in [1.165, 1.54) is 24.1 Å². The number of ether oxygens (including phenoxy) is 1. The second-order valence-electron chi connectivity index (χ2n) is 5.14. The van der Waals surface area contributed by atoms with E-state index in [4.69, 9.17) is 4.74 Å². The molecule has 2 heterocycles. The first-order chi connectivity index (χ1) is 9.92. The molecular formula is C16H21N3O. The van der Waals surface area contributed by atoms with Gasteiger partial charge in [-0.2, -0.15) is 0 Å². The van der Waals surface area contributed by atoms with Crippen LogP contribution in [0.1, 0.15) is 25.7 Å². The number of hydrogen-bond acceptors (Lipinski definition) is 3. The minimum Gasteiger partial charge on any atom is -0.493 e. The van der Waals surface area contributed by atoms with Gasteiger partial charge in [0.1, 0.15) is 5.75 Å². The molecule has 0 amide bonds. The summed E-state index contributed by atoms with van der Waals surface area (Å²) in [6.07, 6.45) is 6.53. The maximum absolute atomic E-state index is 5.77. The molecule has 1 aromatic carbocycles. The van der Waals surface area contributed by atoms with Gasteiger partial charge in [-0.25, -0.2) is 0 Å². The number of nitrogens with zero attached hydrogens (tertiary/aromatic N) is 1. The van der Waals surface area contributed by atoms with Crippen molar-refractivity contribution in [2.75, 3.05) is 19.7 Å². The molecule has 2 N–H and O–H groups in total. The Kier molecular flexibility index (Phi) is 4.21. The van der Waals surface area contributed by atoms with Gasteiger partial charge in [-0.1, -0.05) is 0 Å². The van der Waals surface area contributed by atoms with Crippen LogP contribution in [-0.4, -0.2) is 30.5 Å². The zero-order valence-corrected chi connectivity index (χ0v) is 11.7. The Morgan fingerprint density at radius 2 is 2.25 bits per heavy atom. The highest BCUT2D eigenvalue weighted by Gasteiger charge is 2.03. The van der Waals surface area contributed by atoms with Crippen LogP contribution in [0, 0.1) is 0 Å². The first-order valence-electron chi connectivity index (χ1n) is 7.39. The van der Waals surface area contributed by atoms with Crippen LogP contribution in [0.3, 0.4) is 0 Å². The number of aliphatic imine (C=N–C) groups is 1.